The van der Waals surface area contributed by atoms with E-state index < -0.39 is 0 Å². The van der Waals surface area contributed by atoms with Crippen molar-refractivity contribution in [2.45, 2.75) is 45.2 Å². The number of hydrogen-bond donors (Lipinski definition) is 1. The first-order chi connectivity index (χ1) is 7.74. The van der Waals surface area contributed by atoms with Crippen LogP contribution in [0.25, 0.3) is 0 Å². The molecule has 2 unspecified atom stereocenters. The van der Waals surface area contributed by atoms with E-state index in [1.54, 1.807) is 0 Å². The molecule has 1 saturated carbocycles. The van der Waals surface area contributed by atoms with Crippen LogP contribution in [0.3, 0.4) is 0 Å². The van der Waals surface area contributed by atoms with Crippen molar-refractivity contribution in [2.75, 3.05) is 6.54 Å². The van der Waals surface area contributed by atoms with Crippen molar-refractivity contribution in [3.63, 3.8) is 0 Å². The monoisotopic (exact) mass is 285 g/mol. The van der Waals surface area contributed by atoms with E-state index in [4.69, 9.17) is 0 Å². The van der Waals surface area contributed by atoms with E-state index in [1.807, 2.05) is 17.1 Å². The fraction of sp³-hybridized carbons (Fsp3) is 0.750. The molecule has 2 rings (SSSR count). The third-order valence-corrected chi connectivity index (χ3v) is 3.72. The lowest BCUT2D eigenvalue weighted by Gasteiger charge is -2.27. The summed E-state index contributed by atoms with van der Waals surface area (Å²) in [7, 11) is 0. The number of nitrogens with one attached hydrogen (secondary N) is 1. The Kier molecular flexibility index (Phi) is 4.41. The van der Waals surface area contributed by atoms with E-state index in [9.17, 15) is 0 Å². The van der Waals surface area contributed by atoms with Crippen molar-refractivity contribution >= 4 is 15.9 Å². The molecule has 3 nitrogen and oxygen atoms in total. The zero-order valence-electron chi connectivity index (χ0n) is 9.82. The van der Waals surface area contributed by atoms with Crippen LogP contribution in [0.15, 0.2) is 16.9 Å². The first-order valence-corrected chi connectivity index (χ1v) is 6.94. The molecule has 1 aromatic heterocycles. The van der Waals surface area contributed by atoms with Gasteiger partial charge in [-0.1, -0.05) is 19.8 Å². The van der Waals surface area contributed by atoms with Crippen LogP contribution in [0, 0.1) is 5.92 Å². The quantitative estimate of drug-likeness (QED) is 0.922. The Morgan fingerprint density at radius 1 is 1.56 bits per heavy atom. The summed E-state index contributed by atoms with van der Waals surface area (Å²) in [5, 5.41) is 7.88. The van der Waals surface area contributed by atoms with Gasteiger partial charge in [0.1, 0.15) is 0 Å². The second-order valence-electron chi connectivity index (χ2n) is 4.84. The normalized spacial score (nSPS) is 25.9. The third-order valence-electron chi connectivity index (χ3n) is 3.31. The lowest BCUT2D eigenvalue weighted by molar-refractivity contribution is 0.298. The summed E-state index contributed by atoms with van der Waals surface area (Å²) in [6.45, 7) is 4.33. The van der Waals surface area contributed by atoms with Crippen molar-refractivity contribution < 1.29 is 0 Å². The Labute approximate surface area is 106 Å². The predicted molar refractivity (Wildman–Crippen MR) is 69.3 cm³/mol. The van der Waals surface area contributed by atoms with Crippen LogP contribution in [-0.2, 0) is 6.54 Å². The Morgan fingerprint density at radius 2 is 2.44 bits per heavy atom. The predicted octanol–water partition coefficient (Wildman–Crippen LogP) is 2.81. The number of halogens is 1. The fourth-order valence-corrected chi connectivity index (χ4v) is 2.79. The van der Waals surface area contributed by atoms with Crippen LogP contribution < -0.4 is 5.32 Å². The molecule has 4 heteroatoms. The maximum absolute atomic E-state index is 4.24. The van der Waals surface area contributed by atoms with E-state index in [1.165, 1.54) is 25.7 Å². The minimum atomic E-state index is 0.725. The van der Waals surface area contributed by atoms with E-state index >= 15 is 0 Å². The van der Waals surface area contributed by atoms with E-state index in [-0.39, 0.29) is 0 Å². The highest BCUT2D eigenvalue weighted by atomic mass is 79.9. The van der Waals surface area contributed by atoms with Crippen molar-refractivity contribution in [3.8, 4) is 0 Å². The van der Waals surface area contributed by atoms with Crippen LogP contribution in [0.5, 0.6) is 0 Å². The largest absolute Gasteiger partial charge is 0.312 e. The van der Waals surface area contributed by atoms with Crippen LogP contribution in [0.4, 0.5) is 0 Å². The van der Waals surface area contributed by atoms with Gasteiger partial charge >= 0.3 is 0 Å². The number of nitrogens with zero attached hydrogens (tertiary/aromatic N) is 2. The molecule has 0 spiro atoms. The molecule has 16 heavy (non-hydrogen) atoms. The molecule has 0 aromatic carbocycles. The summed E-state index contributed by atoms with van der Waals surface area (Å²) >= 11 is 3.40. The van der Waals surface area contributed by atoms with Gasteiger partial charge in [0.25, 0.3) is 0 Å². The molecular formula is C12H20BrN3. The van der Waals surface area contributed by atoms with Gasteiger partial charge < -0.3 is 5.32 Å². The average molecular weight is 286 g/mol. The molecule has 1 fully saturated rings. The first kappa shape index (κ1) is 12.1. The molecule has 0 bridgehead atoms. The van der Waals surface area contributed by atoms with Gasteiger partial charge in [-0.15, -0.1) is 0 Å². The molecule has 1 aromatic rings. The van der Waals surface area contributed by atoms with Gasteiger partial charge in [0.2, 0.25) is 0 Å². The SMILES string of the molecule is CC1CCCC(NCCn2cc(Br)cn2)C1. The summed E-state index contributed by atoms with van der Waals surface area (Å²) in [5.74, 6) is 0.894. The maximum atomic E-state index is 4.24. The topological polar surface area (TPSA) is 29.9 Å². The highest BCUT2D eigenvalue weighted by Crippen LogP contribution is 2.23. The van der Waals surface area contributed by atoms with Crippen LogP contribution in [-0.4, -0.2) is 22.4 Å². The first-order valence-electron chi connectivity index (χ1n) is 6.15. The minimum absolute atomic E-state index is 0.725. The molecule has 0 saturated heterocycles. The molecule has 2 atom stereocenters. The van der Waals surface area contributed by atoms with Gasteiger partial charge in [0.15, 0.2) is 0 Å². The number of aromatic nitrogens is 2. The molecule has 1 heterocycles. The lowest BCUT2D eigenvalue weighted by atomic mass is 9.87. The van der Waals surface area contributed by atoms with Gasteiger partial charge in [0.05, 0.1) is 17.2 Å². The van der Waals surface area contributed by atoms with Crippen LogP contribution >= 0.6 is 15.9 Å². The van der Waals surface area contributed by atoms with Crippen molar-refractivity contribution in [3.05, 3.63) is 16.9 Å². The summed E-state index contributed by atoms with van der Waals surface area (Å²) in [6, 6.07) is 0.725. The summed E-state index contributed by atoms with van der Waals surface area (Å²) < 4.78 is 3.03. The molecule has 0 amide bonds. The van der Waals surface area contributed by atoms with Gasteiger partial charge in [-0.05, 0) is 34.7 Å². The lowest BCUT2D eigenvalue weighted by Crippen LogP contribution is -2.35. The smallest absolute Gasteiger partial charge is 0.0632 e. The standard InChI is InChI=1S/C12H20BrN3/c1-10-3-2-4-12(7-10)14-5-6-16-9-11(13)8-15-16/h8-10,12,14H,2-7H2,1H3. The Balaban J connectivity index is 1.67. The number of hydrogen-bond acceptors (Lipinski definition) is 2. The maximum Gasteiger partial charge on any atom is 0.0632 e. The van der Waals surface area contributed by atoms with Gasteiger partial charge in [0, 0.05) is 18.8 Å². The van der Waals surface area contributed by atoms with Crippen molar-refractivity contribution in [1.82, 2.24) is 15.1 Å². The average Bonchev–Trinajstić information content (AvgIpc) is 2.64. The molecule has 1 aliphatic rings. The second-order valence-corrected chi connectivity index (χ2v) is 5.76. The third kappa shape index (κ3) is 3.59. The molecule has 90 valence electrons. The minimum Gasteiger partial charge on any atom is -0.312 e. The van der Waals surface area contributed by atoms with Crippen LogP contribution in [0.2, 0.25) is 0 Å². The number of rotatable bonds is 4. The Bertz CT molecular complexity index is 324. The van der Waals surface area contributed by atoms with E-state index in [0.29, 0.717) is 0 Å². The van der Waals surface area contributed by atoms with Crippen molar-refractivity contribution in [1.29, 1.82) is 0 Å². The molecule has 1 aliphatic carbocycles. The summed E-state index contributed by atoms with van der Waals surface area (Å²) in [6.07, 6.45) is 9.32. The Hall–Kier alpha value is -0.350. The highest BCUT2D eigenvalue weighted by Gasteiger charge is 2.17. The highest BCUT2D eigenvalue weighted by molar-refractivity contribution is 9.10. The van der Waals surface area contributed by atoms with Crippen molar-refractivity contribution in [2.24, 2.45) is 5.92 Å². The molecular weight excluding hydrogens is 266 g/mol. The van der Waals surface area contributed by atoms with Crippen LogP contribution in [0.1, 0.15) is 32.6 Å². The summed E-state index contributed by atoms with van der Waals surface area (Å²) in [4.78, 5) is 0. The molecule has 0 aliphatic heterocycles. The molecule has 1 N–H and O–H groups in total. The van der Waals surface area contributed by atoms with Gasteiger partial charge in [-0.25, -0.2) is 0 Å². The molecule has 0 radical (unpaired) electrons. The zero-order valence-corrected chi connectivity index (χ0v) is 11.4. The van der Waals surface area contributed by atoms with Gasteiger partial charge in [-0.3, -0.25) is 4.68 Å². The second kappa shape index (κ2) is 5.82. The Morgan fingerprint density at radius 3 is 3.12 bits per heavy atom. The van der Waals surface area contributed by atoms with E-state index in [2.05, 4.69) is 33.3 Å². The van der Waals surface area contributed by atoms with E-state index in [0.717, 1.165) is 29.5 Å². The van der Waals surface area contributed by atoms with Gasteiger partial charge in [-0.2, -0.15) is 5.10 Å². The summed E-state index contributed by atoms with van der Waals surface area (Å²) in [5.41, 5.74) is 0. The zero-order chi connectivity index (χ0) is 11.4. The fourth-order valence-electron chi connectivity index (χ4n) is 2.46.